The van der Waals surface area contributed by atoms with Gasteiger partial charge in [0.15, 0.2) is 0 Å². The standard InChI is InChI=1S/C25H21ClN2O2S/c1-16-7-9-17(10-8-16)15-27-24(29)19-11-12-22-21(13-19)28(2)25(30)23(31-22)14-18-5-3-4-6-20(18)26/h3-14H,15H2,1-2H3,(H,27,29)/b23-14-. The first kappa shape index (κ1) is 21.2. The van der Waals surface area contributed by atoms with E-state index in [2.05, 4.69) is 5.32 Å². The molecule has 0 fully saturated rings. The Balaban J connectivity index is 1.54. The molecular formula is C25H21ClN2O2S. The molecule has 0 bridgehead atoms. The number of nitrogens with zero attached hydrogens (tertiary/aromatic N) is 1. The van der Waals surface area contributed by atoms with E-state index in [1.165, 1.54) is 17.3 Å². The Kier molecular flexibility index (Phi) is 6.16. The van der Waals surface area contributed by atoms with E-state index < -0.39 is 0 Å². The van der Waals surface area contributed by atoms with Crippen molar-refractivity contribution in [3.63, 3.8) is 0 Å². The van der Waals surface area contributed by atoms with Crippen LogP contribution in [0.1, 0.15) is 27.0 Å². The number of likely N-dealkylation sites (N-methyl/N-ethyl adjacent to an activating group) is 1. The van der Waals surface area contributed by atoms with E-state index in [-0.39, 0.29) is 11.8 Å². The fourth-order valence-corrected chi connectivity index (χ4v) is 4.53. The Morgan fingerprint density at radius 1 is 1.10 bits per heavy atom. The number of thioether (sulfide) groups is 1. The second-order valence-corrected chi connectivity index (χ2v) is 8.84. The Hall–Kier alpha value is -3.02. The first-order valence-corrected chi connectivity index (χ1v) is 11.0. The summed E-state index contributed by atoms with van der Waals surface area (Å²) in [6.45, 7) is 2.48. The molecule has 156 valence electrons. The van der Waals surface area contributed by atoms with E-state index >= 15 is 0 Å². The largest absolute Gasteiger partial charge is 0.348 e. The number of halogens is 1. The van der Waals surface area contributed by atoms with Crippen molar-refractivity contribution in [2.45, 2.75) is 18.4 Å². The predicted octanol–water partition coefficient (Wildman–Crippen LogP) is 5.69. The van der Waals surface area contributed by atoms with Crippen LogP contribution < -0.4 is 10.2 Å². The monoisotopic (exact) mass is 448 g/mol. The van der Waals surface area contributed by atoms with Gasteiger partial charge in [0.25, 0.3) is 11.8 Å². The van der Waals surface area contributed by atoms with Gasteiger partial charge in [-0.15, -0.1) is 0 Å². The molecule has 0 saturated carbocycles. The zero-order valence-corrected chi connectivity index (χ0v) is 18.8. The number of amides is 2. The molecule has 4 nitrogen and oxygen atoms in total. The number of anilines is 1. The van der Waals surface area contributed by atoms with Crippen molar-refractivity contribution in [3.05, 3.63) is 98.9 Å². The zero-order valence-electron chi connectivity index (χ0n) is 17.2. The smallest absolute Gasteiger partial charge is 0.264 e. The summed E-state index contributed by atoms with van der Waals surface area (Å²) in [7, 11) is 1.72. The van der Waals surface area contributed by atoms with Gasteiger partial charge in [-0.3, -0.25) is 9.59 Å². The topological polar surface area (TPSA) is 49.4 Å². The SMILES string of the molecule is Cc1ccc(CNC(=O)c2ccc3c(c2)N(C)C(=O)/C(=C/c2ccccc2Cl)S3)cc1. The first-order chi connectivity index (χ1) is 14.9. The maximum Gasteiger partial charge on any atom is 0.264 e. The van der Waals surface area contributed by atoms with Crippen molar-refractivity contribution in [2.24, 2.45) is 0 Å². The Bertz CT molecular complexity index is 1190. The van der Waals surface area contributed by atoms with Crippen LogP contribution in [0.5, 0.6) is 0 Å². The minimum Gasteiger partial charge on any atom is -0.348 e. The molecule has 1 heterocycles. The molecule has 0 saturated heterocycles. The van der Waals surface area contributed by atoms with Crippen molar-refractivity contribution in [1.29, 1.82) is 0 Å². The molecule has 1 aliphatic rings. The summed E-state index contributed by atoms with van der Waals surface area (Å²) in [5.74, 6) is -0.304. The number of hydrogen-bond donors (Lipinski definition) is 1. The van der Waals surface area contributed by atoms with Crippen LogP contribution in [0.3, 0.4) is 0 Å². The molecule has 1 N–H and O–H groups in total. The number of rotatable bonds is 4. The lowest BCUT2D eigenvalue weighted by Crippen LogP contribution is -2.31. The average Bonchev–Trinajstić information content (AvgIpc) is 2.78. The number of aryl methyl sites for hydroxylation is 1. The maximum atomic E-state index is 12.9. The third-order valence-electron chi connectivity index (χ3n) is 5.08. The molecule has 0 aliphatic carbocycles. The van der Waals surface area contributed by atoms with Gasteiger partial charge in [0.2, 0.25) is 0 Å². The number of nitrogens with one attached hydrogen (secondary N) is 1. The molecule has 31 heavy (non-hydrogen) atoms. The third-order valence-corrected chi connectivity index (χ3v) is 6.51. The van der Waals surface area contributed by atoms with E-state index in [1.54, 1.807) is 36.2 Å². The van der Waals surface area contributed by atoms with Crippen molar-refractivity contribution in [1.82, 2.24) is 5.32 Å². The fourth-order valence-electron chi connectivity index (χ4n) is 3.26. The van der Waals surface area contributed by atoms with E-state index in [9.17, 15) is 9.59 Å². The third kappa shape index (κ3) is 4.68. The molecule has 0 radical (unpaired) electrons. The second-order valence-electron chi connectivity index (χ2n) is 7.35. The highest BCUT2D eigenvalue weighted by Crippen LogP contribution is 2.42. The molecule has 0 spiro atoms. The molecule has 2 amide bonds. The Labute approximate surface area is 190 Å². The fraction of sp³-hybridized carbons (Fsp3) is 0.120. The summed E-state index contributed by atoms with van der Waals surface area (Å²) in [6, 6.07) is 20.9. The molecule has 0 atom stereocenters. The van der Waals surface area contributed by atoms with Gasteiger partial charge in [0.1, 0.15) is 0 Å². The van der Waals surface area contributed by atoms with Gasteiger partial charge in [0.05, 0.1) is 10.6 Å². The first-order valence-electron chi connectivity index (χ1n) is 9.82. The number of fused-ring (bicyclic) bond motifs is 1. The van der Waals surface area contributed by atoms with Crippen molar-refractivity contribution in [2.75, 3.05) is 11.9 Å². The molecular weight excluding hydrogens is 428 g/mol. The predicted molar refractivity (Wildman–Crippen MR) is 127 cm³/mol. The summed E-state index contributed by atoms with van der Waals surface area (Å²) < 4.78 is 0. The van der Waals surface area contributed by atoms with Gasteiger partial charge >= 0.3 is 0 Å². The molecule has 4 rings (SSSR count). The molecule has 6 heteroatoms. The number of carbonyl (C=O) groups is 2. The molecule has 0 unspecified atom stereocenters. The van der Waals surface area contributed by atoms with E-state index in [4.69, 9.17) is 11.6 Å². The van der Waals surface area contributed by atoms with Gasteiger partial charge in [-0.05, 0) is 48.4 Å². The number of hydrogen-bond acceptors (Lipinski definition) is 3. The lowest BCUT2D eigenvalue weighted by molar-refractivity contribution is -0.114. The lowest BCUT2D eigenvalue weighted by atomic mass is 10.1. The highest BCUT2D eigenvalue weighted by atomic mass is 35.5. The summed E-state index contributed by atoms with van der Waals surface area (Å²) in [4.78, 5) is 28.6. The van der Waals surface area contributed by atoms with Crippen LogP contribution in [-0.2, 0) is 11.3 Å². The molecule has 3 aromatic carbocycles. The quantitative estimate of drug-likeness (QED) is 0.522. The van der Waals surface area contributed by atoms with Crippen LogP contribution in [0, 0.1) is 6.92 Å². The van der Waals surface area contributed by atoms with E-state index in [0.29, 0.717) is 27.7 Å². The lowest BCUT2D eigenvalue weighted by Gasteiger charge is -2.27. The van der Waals surface area contributed by atoms with E-state index in [0.717, 1.165) is 16.0 Å². The zero-order chi connectivity index (χ0) is 22.0. The van der Waals surface area contributed by atoms with Crippen LogP contribution >= 0.6 is 23.4 Å². The average molecular weight is 449 g/mol. The summed E-state index contributed by atoms with van der Waals surface area (Å²) in [5, 5.41) is 3.53. The summed E-state index contributed by atoms with van der Waals surface area (Å²) in [5.41, 5.74) is 4.25. The van der Waals surface area contributed by atoms with Crippen molar-refractivity contribution < 1.29 is 9.59 Å². The normalized spacial score (nSPS) is 14.5. The van der Waals surface area contributed by atoms with E-state index in [1.807, 2.05) is 55.5 Å². The maximum absolute atomic E-state index is 12.9. The van der Waals surface area contributed by atoms with Crippen molar-refractivity contribution >= 4 is 46.9 Å². The minimum absolute atomic E-state index is 0.130. The Morgan fingerprint density at radius 2 is 1.84 bits per heavy atom. The number of carbonyl (C=O) groups excluding carboxylic acids is 2. The van der Waals surface area contributed by atoms with Crippen LogP contribution in [-0.4, -0.2) is 18.9 Å². The highest BCUT2D eigenvalue weighted by molar-refractivity contribution is 8.04. The van der Waals surface area contributed by atoms with Crippen LogP contribution in [0.15, 0.2) is 76.5 Å². The van der Waals surface area contributed by atoms with Crippen LogP contribution in [0.4, 0.5) is 5.69 Å². The molecule has 0 aromatic heterocycles. The van der Waals surface area contributed by atoms with Gasteiger partial charge in [0, 0.05) is 29.1 Å². The minimum atomic E-state index is -0.174. The molecule has 1 aliphatic heterocycles. The Morgan fingerprint density at radius 3 is 2.58 bits per heavy atom. The summed E-state index contributed by atoms with van der Waals surface area (Å²) in [6.07, 6.45) is 1.80. The van der Waals surface area contributed by atoms with Gasteiger partial charge in [-0.2, -0.15) is 0 Å². The van der Waals surface area contributed by atoms with Gasteiger partial charge in [-0.1, -0.05) is 71.4 Å². The second kappa shape index (κ2) is 9.00. The van der Waals surface area contributed by atoms with Crippen LogP contribution in [0.25, 0.3) is 6.08 Å². The molecule has 3 aromatic rings. The van der Waals surface area contributed by atoms with Gasteiger partial charge < -0.3 is 10.2 Å². The van der Waals surface area contributed by atoms with Crippen molar-refractivity contribution in [3.8, 4) is 0 Å². The van der Waals surface area contributed by atoms with Gasteiger partial charge in [-0.25, -0.2) is 0 Å². The highest BCUT2D eigenvalue weighted by Gasteiger charge is 2.27. The number of benzene rings is 3. The summed E-state index contributed by atoms with van der Waals surface area (Å²) >= 11 is 7.63. The van der Waals surface area contributed by atoms with Crippen LogP contribution in [0.2, 0.25) is 5.02 Å².